The van der Waals surface area contributed by atoms with Gasteiger partial charge in [-0.3, -0.25) is 4.79 Å². The van der Waals surface area contributed by atoms with E-state index in [1.54, 1.807) is 12.1 Å². The zero-order valence-electron chi connectivity index (χ0n) is 16.5. The summed E-state index contributed by atoms with van der Waals surface area (Å²) in [6.07, 6.45) is 0.756. The van der Waals surface area contributed by atoms with Crippen molar-refractivity contribution in [3.63, 3.8) is 0 Å². The molecule has 0 aromatic heterocycles. The van der Waals surface area contributed by atoms with Crippen molar-refractivity contribution in [2.75, 3.05) is 26.7 Å². The lowest BCUT2D eigenvalue weighted by atomic mass is 9.80. The summed E-state index contributed by atoms with van der Waals surface area (Å²) in [5, 5.41) is 12.8. The van der Waals surface area contributed by atoms with Gasteiger partial charge >= 0.3 is 0 Å². The Morgan fingerprint density at radius 2 is 1.81 bits per heavy atom. The van der Waals surface area contributed by atoms with Crippen LogP contribution < -0.4 is 10.0 Å². The first-order valence-corrected chi connectivity index (χ1v) is 10.7. The van der Waals surface area contributed by atoms with Gasteiger partial charge in [-0.1, -0.05) is 24.6 Å². The molecule has 1 aliphatic rings. The van der Waals surface area contributed by atoms with Crippen molar-refractivity contribution in [3.05, 3.63) is 29.8 Å². The van der Waals surface area contributed by atoms with Gasteiger partial charge in [0.1, 0.15) is 6.04 Å². The molecule has 1 saturated heterocycles. The van der Waals surface area contributed by atoms with E-state index in [1.807, 2.05) is 6.92 Å². The van der Waals surface area contributed by atoms with Gasteiger partial charge in [-0.25, -0.2) is 8.42 Å². The average Bonchev–Trinajstić information content (AvgIpc) is 2.61. The molecule has 1 amide bonds. The lowest BCUT2D eigenvalue weighted by Crippen LogP contribution is -2.54. The molecule has 0 spiro atoms. The highest BCUT2D eigenvalue weighted by Gasteiger charge is 2.33. The number of nitrogens with zero attached hydrogens (tertiary/aromatic N) is 1. The van der Waals surface area contributed by atoms with E-state index < -0.39 is 28.1 Å². The molecule has 1 aliphatic heterocycles. The third-order valence-corrected chi connectivity index (χ3v) is 6.72. The summed E-state index contributed by atoms with van der Waals surface area (Å²) in [6, 6.07) is 5.09. The number of likely N-dealkylation sites (tertiary alicyclic amines) is 1. The molecule has 1 aromatic carbocycles. The molecule has 2 rings (SSSR count). The monoisotopic (exact) mass is 397 g/mol. The minimum absolute atomic E-state index is 0.0265. The topological polar surface area (TPSA) is 98.7 Å². The number of benzene rings is 1. The van der Waals surface area contributed by atoms with Gasteiger partial charge in [0, 0.05) is 6.54 Å². The first-order valence-electron chi connectivity index (χ1n) is 9.26. The van der Waals surface area contributed by atoms with Gasteiger partial charge in [0.25, 0.3) is 0 Å². The Bertz CT molecular complexity index is 739. The van der Waals surface area contributed by atoms with Crippen molar-refractivity contribution in [2.24, 2.45) is 5.41 Å². The fourth-order valence-corrected chi connectivity index (χ4v) is 4.34. The molecule has 0 saturated carbocycles. The van der Waals surface area contributed by atoms with E-state index >= 15 is 0 Å². The molecule has 2 atom stereocenters. The van der Waals surface area contributed by atoms with Crippen LogP contribution in [-0.4, -0.2) is 63.2 Å². The Morgan fingerprint density at radius 1 is 1.26 bits per heavy atom. The Hall–Kier alpha value is -1.48. The van der Waals surface area contributed by atoms with E-state index in [2.05, 4.69) is 28.9 Å². The number of aryl methyl sites for hydroxylation is 1. The number of sulfonamides is 1. The van der Waals surface area contributed by atoms with Crippen LogP contribution in [-0.2, 0) is 14.8 Å². The maximum Gasteiger partial charge on any atom is 0.241 e. The first kappa shape index (κ1) is 21.8. The number of aliphatic hydroxyl groups excluding tert-OH is 1. The number of hydrogen-bond donors (Lipinski definition) is 3. The summed E-state index contributed by atoms with van der Waals surface area (Å²) in [6.45, 7) is 7.76. The number of rotatable bonds is 7. The predicted molar refractivity (Wildman–Crippen MR) is 105 cm³/mol. The summed E-state index contributed by atoms with van der Waals surface area (Å²) in [4.78, 5) is 14.9. The van der Waals surface area contributed by atoms with Crippen LogP contribution in [0.25, 0.3) is 0 Å². The van der Waals surface area contributed by atoms with E-state index in [0.717, 1.165) is 31.5 Å². The minimum atomic E-state index is -3.91. The van der Waals surface area contributed by atoms with Gasteiger partial charge in [0.05, 0.1) is 11.0 Å². The second-order valence-electron chi connectivity index (χ2n) is 7.98. The molecule has 2 unspecified atom stereocenters. The largest absolute Gasteiger partial charge is 0.391 e. The van der Waals surface area contributed by atoms with Gasteiger partial charge in [-0.05, 0) is 64.4 Å². The Morgan fingerprint density at radius 3 is 2.33 bits per heavy atom. The third kappa shape index (κ3) is 6.00. The first-order chi connectivity index (χ1) is 12.5. The van der Waals surface area contributed by atoms with E-state index in [-0.39, 0.29) is 10.3 Å². The standard InChI is InChI=1S/C19H31N3O4S/c1-14-5-7-16(8-6-14)27(25,26)21-17(15(2)23)18(24)20-13-19(3)9-11-22(4)12-10-19/h5-8,15,17,21,23H,9-13H2,1-4H3,(H,20,24). The Kier molecular flexibility index (Phi) is 7.02. The van der Waals surface area contributed by atoms with Gasteiger partial charge in [0.2, 0.25) is 15.9 Å². The SMILES string of the molecule is Cc1ccc(S(=O)(=O)NC(C(=O)NCC2(C)CCN(C)CC2)C(C)O)cc1. The number of nitrogens with one attached hydrogen (secondary N) is 2. The van der Waals surface area contributed by atoms with Crippen molar-refractivity contribution in [1.29, 1.82) is 0 Å². The summed E-state index contributed by atoms with van der Waals surface area (Å²) in [5.74, 6) is -0.513. The van der Waals surface area contributed by atoms with Crippen LogP contribution in [0.3, 0.4) is 0 Å². The number of amides is 1. The molecule has 0 radical (unpaired) electrons. The van der Waals surface area contributed by atoms with E-state index in [1.165, 1.54) is 19.1 Å². The van der Waals surface area contributed by atoms with E-state index in [9.17, 15) is 18.3 Å². The fraction of sp³-hybridized carbons (Fsp3) is 0.632. The van der Waals surface area contributed by atoms with Crippen molar-refractivity contribution in [1.82, 2.24) is 14.9 Å². The molecule has 7 nitrogen and oxygen atoms in total. The maximum atomic E-state index is 12.6. The number of hydrogen-bond acceptors (Lipinski definition) is 5. The highest BCUT2D eigenvalue weighted by atomic mass is 32.2. The highest BCUT2D eigenvalue weighted by molar-refractivity contribution is 7.89. The number of piperidine rings is 1. The summed E-state index contributed by atoms with van der Waals surface area (Å²) < 4.78 is 27.5. The van der Waals surface area contributed by atoms with Crippen LogP contribution in [0.2, 0.25) is 0 Å². The lowest BCUT2D eigenvalue weighted by molar-refractivity contribution is -0.125. The van der Waals surface area contributed by atoms with Gasteiger partial charge in [-0.15, -0.1) is 0 Å². The van der Waals surface area contributed by atoms with Crippen LogP contribution in [0, 0.1) is 12.3 Å². The maximum absolute atomic E-state index is 12.6. The summed E-state index contributed by atoms with van der Waals surface area (Å²) in [7, 11) is -1.84. The minimum Gasteiger partial charge on any atom is -0.391 e. The molecule has 0 aliphatic carbocycles. The molecule has 1 heterocycles. The van der Waals surface area contributed by atoms with Crippen molar-refractivity contribution < 1.29 is 18.3 Å². The van der Waals surface area contributed by atoms with Crippen LogP contribution in [0.4, 0.5) is 0 Å². The zero-order chi connectivity index (χ0) is 20.2. The second kappa shape index (κ2) is 8.68. The van der Waals surface area contributed by atoms with Gasteiger partial charge in [0.15, 0.2) is 0 Å². The summed E-state index contributed by atoms with van der Waals surface area (Å²) in [5.41, 5.74) is 0.909. The quantitative estimate of drug-likeness (QED) is 0.634. The molecule has 0 bridgehead atoms. The molecule has 8 heteroatoms. The Balaban J connectivity index is 2.03. The lowest BCUT2D eigenvalue weighted by Gasteiger charge is -2.38. The van der Waals surface area contributed by atoms with Crippen LogP contribution in [0.1, 0.15) is 32.3 Å². The Labute approximate surface area is 162 Å². The van der Waals surface area contributed by atoms with E-state index in [0.29, 0.717) is 6.54 Å². The highest BCUT2D eigenvalue weighted by Crippen LogP contribution is 2.29. The van der Waals surface area contributed by atoms with E-state index in [4.69, 9.17) is 0 Å². The normalized spacial score (nSPS) is 20.0. The molecule has 27 heavy (non-hydrogen) atoms. The van der Waals surface area contributed by atoms with Gasteiger partial charge < -0.3 is 15.3 Å². The van der Waals surface area contributed by atoms with Crippen molar-refractivity contribution >= 4 is 15.9 Å². The number of aliphatic hydroxyl groups is 1. The number of carbonyl (C=O) groups is 1. The molecule has 3 N–H and O–H groups in total. The summed E-state index contributed by atoms with van der Waals surface area (Å²) >= 11 is 0. The molecule has 1 aromatic rings. The van der Waals surface area contributed by atoms with Crippen LogP contribution >= 0.6 is 0 Å². The molecule has 152 valence electrons. The van der Waals surface area contributed by atoms with Crippen LogP contribution in [0.15, 0.2) is 29.2 Å². The third-order valence-electron chi connectivity index (χ3n) is 5.26. The van der Waals surface area contributed by atoms with Crippen molar-refractivity contribution in [3.8, 4) is 0 Å². The van der Waals surface area contributed by atoms with Crippen LogP contribution in [0.5, 0.6) is 0 Å². The van der Waals surface area contributed by atoms with Crippen molar-refractivity contribution in [2.45, 2.75) is 50.7 Å². The second-order valence-corrected chi connectivity index (χ2v) is 9.70. The molecular formula is C19H31N3O4S. The molecule has 1 fully saturated rings. The predicted octanol–water partition coefficient (Wildman–Crippen LogP) is 0.871. The van der Waals surface area contributed by atoms with Gasteiger partial charge in [-0.2, -0.15) is 4.72 Å². The smallest absolute Gasteiger partial charge is 0.241 e. The molecular weight excluding hydrogens is 366 g/mol. The zero-order valence-corrected chi connectivity index (χ0v) is 17.3. The number of carbonyl (C=O) groups excluding carboxylic acids is 1. The fourth-order valence-electron chi connectivity index (χ4n) is 3.07. The average molecular weight is 398 g/mol.